The highest BCUT2D eigenvalue weighted by atomic mass is 127. The first-order chi connectivity index (χ1) is 3.18. The molecule has 2 atom stereocenters. The summed E-state index contributed by atoms with van der Waals surface area (Å²) < 4.78 is 0.502. The van der Waals surface area contributed by atoms with E-state index in [4.69, 9.17) is 5.73 Å². The van der Waals surface area contributed by atoms with E-state index in [9.17, 15) is 0 Å². The van der Waals surface area contributed by atoms with Crippen LogP contribution in [0.1, 0.15) is 6.92 Å². The lowest BCUT2D eigenvalue weighted by atomic mass is 10.4. The van der Waals surface area contributed by atoms with Crippen LogP contribution in [0.5, 0.6) is 0 Å². The molecule has 0 spiro atoms. The Balaban J connectivity index is 3.14. The molecular weight excluding hydrogens is 203 g/mol. The van der Waals surface area contributed by atoms with Crippen molar-refractivity contribution in [2.45, 2.75) is 17.0 Å². The third kappa shape index (κ3) is 3.25. The second-order valence-corrected chi connectivity index (χ2v) is 3.46. The molecule has 0 aliphatic heterocycles. The molecule has 3 N–H and O–H groups in total. The van der Waals surface area contributed by atoms with Crippen molar-refractivity contribution in [3.63, 3.8) is 0 Å². The van der Waals surface area contributed by atoms with Crippen LogP contribution >= 0.6 is 22.6 Å². The fourth-order valence-electron chi connectivity index (χ4n) is 0.230. The van der Waals surface area contributed by atoms with E-state index in [1.807, 2.05) is 7.05 Å². The van der Waals surface area contributed by atoms with Gasteiger partial charge in [-0.3, -0.25) is 0 Å². The topological polar surface area (TPSA) is 38.0 Å². The van der Waals surface area contributed by atoms with Gasteiger partial charge >= 0.3 is 0 Å². The molecule has 0 fully saturated rings. The molecule has 0 saturated heterocycles. The summed E-state index contributed by atoms with van der Waals surface area (Å²) in [4.78, 5) is 0. The Morgan fingerprint density at radius 2 is 2.14 bits per heavy atom. The van der Waals surface area contributed by atoms with E-state index in [-0.39, 0.29) is 6.17 Å². The first-order valence-electron chi connectivity index (χ1n) is 2.25. The van der Waals surface area contributed by atoms with Crippen molar-refractivity contribution in [2.24, 2.45) is 5.73 Å². The van der Waals surface area contributed by atoms with E-state index in [0.29, 0.717) is 3.92 Å². The van der Waals surface area contributed by atoms with Crippen LogP contribution in [-0.4, -0.2) is 17.1 Å². The van der Waals surface area contributed by atoms with Crippen LogP contribution in [0.3, 0.4) is 0 Å². The van der Waals surface area contributed by atoms with Crippen LogP contribution in [0.15, 0.2) is 0 Å². The summed E-state index contributed by atoms with van der Waals surface area (Å²) >= 11 is 2.28. The number of hydrogen-bond acceptors (Lipinski definition) is 2. The van der Waals surface area contributed by atoms with E-state index in [2.05, 4.69) is 34.8 Å². The summed E-state index contributed by atoms with van der Waals surface area (Å²) in [5.74, 6) is 0. The van der Waals surface area contributed by atoms with Crippen LogP contribution in [0.4, 0.5) is 0 Å². The Labute approximate surface area is 58.0 Å². The fourth-order valence-corrected chi connectivity index (χ4v) is 0.589. The molecule has 0 radical (unpaired) electrons. The summed E-state index contributed by atoms with van der Waals surface area (Å²) in [5.41, 5.74) is 5.50. The van der Waals surface area contributed by atoms with E-state index >= 15 is 0 Å². The van der Waals surface area contributed by atoms with Gasteiger partial charge in [0, 0.05) is 3.92 Å². The Bertz CT molecular complexity index is 47.0. The summed E-state index contributed by atoms with van der Waals surface area (Å²) in [6.45, 7) is 2.07. The molecule has 0 amide bonds. The number of rotatable bonds is 2. The Morgan fingerprint density at radius 1 is 1.71 bits per heavy atom. The molecule has 0 aliphatic carbocycles. The molecule has 44 valence electrons. The van der Waals surface area contributed by atoms with Crippen molar-refractivity contribution >= 4 is 22.6 Å². The third-order valence-corrected chi connectivity index (χ3v) is 1.60. The number of nitrogens with two attached hydrogens (primary N) is 1. The largest absolute Gasteiger partial charge is 0.315 e. The molecule has 0 aromatic heterocycles. The third-order valence-electron chi connectivity index (χ3n) is 0.828. The Kier molecular flexibility index (Phi) is 3.96. The van der Waals surface area contributed by atoms with Gasteiger partial charge in [-0.05, 0) is 7.05 Å². The molecule has 0 bridgehead atoms. The van der Waals surface area contributed by atoms with Crippen LogP contribution in [-0.2, 0) is 0 Å². The molecule has 1 unspecified atom stereocenters. The van der Waals surface area contributed by atoms with Gasteiger partial charge in [-0.15, -0.1) is 0 Å². The van der Waals surface area contributed by atoms with Crippen LogP contribution in [0, 0.1) is 0 Å². The quantitative estimate of drug-likeness (QED) is 0.394. The van der Waals surface area contributed by atoms with Crippen LogP contribution in [0.2, 0.25) is 0 Å². The maximum Gasteiger partial charge on any atom is 0.0662 e. The lowest BCUT2D eigenvalue weighted by Crippen LogP contribution is -2.40. The minimum Gasteiger partial charge on any atom is -0.315 e. The van der Waals surface area contributed by atoms with E-state index in [1.165, 1.54) is 0 Å². The van der Waals surface area contributed by atoms with Crippen molar-refractivity contribution in [2.75, 3.05) is 7.05 Å². The maximum atomic E-state index is 5.50. The highest BCUT2D eigenvalue weighted by Gasteiger charge is 2.02. The van der Waals surface area contributed by atoms with Gasteiger partial charge in [0.1, 0.15) is 0 Å². The van der Waals surface area contributed by atoms with E-state index in [0.717, 1.165) is 0 Å². The van der Waals surface area contributed by atoms with Gasteiger partial charge in [-0.2, -0.15) is 0 Å². The first kappa shape index (κ1) is 7.65. The van der Waals surface area contributed by atoms with Crippen molar-refractivity contribution in [1.82, 2.24) is 5.32 Å². The van der Waals surface area contributed by atoms with Crippen molar-refractivity contribution in [1.29, 1.82) is 0 Å². The standard InChI is InChI=1S/C4H11IN2/c1-3(5)4(6)7-2/h3-4,7H,6H2,1-2H3/t3-,4?/m1/s1. The van der Waals surface area contributed by atoms with E-state index < -0.39 is 0 Å². The summed E-state index contributed by atoms with van der Waals surface area (Å²) in [6.07, 6.45) is 0.139. The highest BCUT2D eigenvalue weighted by molar-refractivity contribution is 14.1. The Hall–Kier alpha value is 0.650. The lowest BCUT2D eigenvalue weighted by Gasteiger charge is -2.11. The monoisotopic (exact) mass is 214 g/mol. The number of nitrogens with one attached hydrogen (secondary N) is 1. The average molecular weight is 214 g/mol. The van der Waals surface area contributed by atoms with Gasteiger partial charge in [0.05, 0.1) is 6.17 Å². The zero-order valence-corrected chi connectivity index (χ0v) is 6.77. The molecule has 0 heterocycles. The van der Waals surface area contributed by atoms with Gasteiger partial charge in [0.2, 0.25) is 0 Å². The Morgan fingerprint density at radius 3 is 2.14 bits per heavy atom. The zero-order valence-electron chi connectivity index (χ0n) is 4.61. The van der Waals surface area contributed by atoms with Crippen LogP contribution < -0.4 is 11.1 Å². The van der Waals surface area contributed by atoms with Crippen molar-refractivity contribution < 1.29 is 0 Å². The highest BCUT2D eigenvalue weighted by Crippen LogP contribution is 1.98. The van der Waals surface area contributed by atoms with Crippen molar-refractivity contribution in [3.05, 3.63) is 0 Å². The molecule has 0 aliphatic rings. The fraction of sp³-hybridized carbons (Fsp3) is 1.00. The normalized spacial score (nSPS) is 18.9. The molecular formula is C4H11IN2. The zero-order chi connectivity index (χ0) is 5.86. The molecule has 7 heavy (non-hydrogen) atoms. The second-order valence-electron chi connectivity index (χ2n) is 1.49. The molecule has 3 heteroatoms. The molecule has 2 nitrogen and oxygen atoms in total. The predicted octanol–water partition coefficient (Wildman–Crippen LogP) is 0.314. The van der Waals surface area contributed by atoms with Gasteiger partial charge in [-0.25, -0.2) is 0 Å². The number of alkyl halides is 1. The SMILES string of the molecule is CNC(N)[C@@H](C)I. The van der Waals surface area contributed by atoms with E-state index in [1.54, 1.807) is 0 Å². The van der Waals surface area contributed by atoms with Crippen LogP contribution in [0.25, 0.3) is 0 Å². The first-order valence-corrected chi connectivity index (χ1v) is 3.50. The molecule has 0 aromatic rings. The molecule has 0 aromatic carbocycles. The predicted molar refractivity (Wildman–Crippen MR) is 40.5 cm³/mol. The average Bonchev–Trinajstić information content (AvgIpc) is 1.65. The summed E-state index contributed by atoms with van der Waals surface area (Å²) in [7, 11) is 1.86. The maximum absolute atomic E-state index is 5.50. The second kappa shape index (κ2) is 3.63. The van der Waals surface area contributed by atoms with Gasteiger partial charge < -0.3 is 11.1 Å². The molecule has 0 saturated carbocycles. The molecule has 0 rings (SSSR count). The minimum atomic E-state index is 0.139. The van der Waals surface area contributed by atoms with Crippen molar-refractivity contribution in [3.8, 4) is 0 Å². The lowest BCUT2D eigenvalue weighted by molar-refractivity contribution is 0.592. The summed E-state index contributed by atoms with van der Waals surface area (Å²) in [6, 6.07) is 0. The minimum absolute atomic E-state index is 0.139. The van der Waals surface area contributed by atoms with Gasteiger partial charge in [0.25, 0.3) is 0 Å². The number of hydrogen-bond donors (Lipinski definition) is 2. The van der Waals surface area contributed by atoms with Gasteiger partial charge in [0.15, 0.2) is 0 Å². The smallest absolute Gasteiger partial charge is 0.0662 e. The summed E-state index contributed by atoms with van der Waals surface area (Å²) in [5, 5.41) is 2.93. The number of halogens is 1. The van der Waals surface area contributed by atoms with Gasteiger partial charge in [-0.1, -0.05) is 29.5 Å².